The van der Waals surface area contributed by atoms with Crippen molar-refractivity contribution in [1.82, 2.24) is 15.3 Å². The molecule has 3 rings (SSSR count). The number of rotatable bonds is 6. The fourth-order valence-electron chi connectivity index (χ4n) is 2.82. The molecule has 0 saturated carbocycles. The Morgan fingerprint density at radius 3 is 2.47 bits per heavy atom. The molecule has 0 saturated heterocycles. The van der Waals surface area contributed by atoms with E-state index in [-0.39, 0.29) is 17.3 Å². The zero-order chi connectivity index (χ0) is 21.7. The average molecular weight is 415 g/mol. The number of pyridine rings is 2. The molecule has 3 aromatic rings. The van der Waals surface area contributed by atoms with Gasteiger partial charge in [0.25, 0.3) is 5.91 Å². The first-order valence-corrected chi connectivity index (χ1v) is 9.21. The molecule has 8 heteroatoms. The lowest BCUT2D eigenvalue weighted by Crippen LogP contribution is -2.27. The largest absolute Gasteiger partial charge is 0.489 e. The molecule has 0 aliphatic rings. The van der Waals surface area contributed by atoms with Gasteiger partial charge in [0.05, 0.1) is 17.3 Å². The summed E-state index contributed by atoms with van der Waals surface area (Å²) in [7, 11) is 0. The number of aryl methyl sites for hydroxylation is 1. The number of aromatic nitrogens is 2. The Balaban J connectivity index is 1.61. The van der Waals surface area contributed by atoms with Crippen molar-refractivity contribution in [1.29, 1.82) is 0 Å². The molecule has 0 aliphatic heterocycles. The van der Waals surface area contributed by atoms with E-state index in [9.17, 15) is 18.0 Å². The van der Waals surface area contributed by atoms with E-state index in [4.69, 9.17) is 4.74 Å². The average Bonchev–Trinajstić information content (AvgIpc) is 2.72. The minimum atomic E-state index is -4.55. The topological polar surface area (TPSA) is 64.1 Å². The van der Waals surface area contributed by atoms with Crippen LogP contribution in [0.1, 0.15) is 45.8 Å². The van der Waals surface area contributed by atoms with Crippen molar-refractivity contribution in [3.63, 3.8) is 0 Å². The number of carbonyl (C=O) groups excluding carboxylic acids is 1. The molecule has 1 amide bonds. The van der Waals surface area contributed by atoms with Gasteiger partial charge >= 0.3 is 6.18 Å². The van der Waals surface area contributed by atoms with Crippen LogP contribution in [0, 0.1) is 6.92 Å². The van der Waals surface area contributed by atoms with Crippen LogP contribution in [-0.2, 0) is 12.8 Å². The molecule has 2 heterocycles. The molecule has 2 aromatic heterocycles. The summed E-state index contributed by atoms with van der Waals surface area (Å²) in [5.41, 5.74) is 0.878. The van der Waals surface area contributed by atoms with E-state index in [1.165, 1.54) is 6.92 Å². The van der Waals surface area contributed by atoms with E-state index in [1.54, 1.807) is 31.5 Å². The van der Waals surface area contributed by atoms with Crippen molar-refractivity contribution >= 4 is 5.91 Å². The lowest BCUT2D eigenvalue weighted by atomic mass is 10.1. The van der Waals surface area contributed by atoms with Crippen LogP contribution in [0.15, 0.2) is 60.9 Å². The molecular formula is C22H20F3N3O2. The summed E-state index contributed by atoms with van der Waals surface area (Å²) in [6.45, 7) is 3.55. The molecule has 1 atom stereocenters. The Hall–Kier alpha value is -3.42. The third kappa shape index (κ3) is 5.34. The molecule has 5 nitrogen and oxygen atoms in total. The van der Waals surface area contributed by atoms with Gasteiger partial charge in [-0.3, -0.25) is 9.78 Å². The Morgan fingerprint density at radius 2 is 1.87 bits per heavy atom. The maximum absolute atomic E-state index is 12.7. The highest BCUT2D eigenvalue weighted by Gasteiger charge is 2.33. The summed E-state index contributed by atoms with van der Waals surface area (Å²) < 4.78 is 43.9. The molecule has 1 N–H and O–H groups in total. The minimum absolute atomic E-state index is 0.0219. The summed E-state index contributed by atoms with van der Waals surface area (Å²) in [5.74, 6) is 0.182. The highest BCUT2D eigenvalue weighted by Crippen LogP contribution is 2.28. The number of nitrogens with one attached hydrogen (secondary N) is 1. The number of hydrogen-bond donors (Lipinski definition) is 1. The molecular weight excluding hydrogens is 395 g/mol. The summed E-state index contributed by atoms with van der Waals surface area (Å²) in [6, 6.07) is 12.6. The Bertz CT molecular complexity index is 1010. The molecule has 156 valence electrons. The SMILES string of the molecule is Cc1nc(C(F)(F)F)ccc1C(=O)NC(C)c1ccc(OCc2cccnc2)cc1. The molecule has 0 bridgehead atoms. The fraction of sp³-hybridized carbons (Fsp3) is 0.227. The van der Waals surface area contributed by atoms with E-state index < -0.39 is 17.8 Å². The van der Waals surface area contributed by atoms with E-state index in [0.717, 1.165) is 23.3 Å². The molecule has 30 heavy (non-hydrogen) atoms. The molecule has 0 fully saturated rings. The Labute approximate surface area is 171 Å². The molecule has 1 aromatic carbocycles. The highest BCUT2D eigenvalue weighted by molar-refractivity contribution is 5.95. The normalized spacial score (nSPS) is 12.3. The second-order valence-corrected chi connectivity index (χ2v) is 6.74. The number of carbonyl (C=O) groups is 1. The van der Waals surface area contributed by atoms with Gasteiger partial charge in [0, 0.05) is 18.0 Å². The monoisotopic (exact) mass is 415 g/mol. The third-order valence-electron chi connectivity index (χ3n) is 4.48. The quantitative estimate of drug-likeness (QED) is 0.624. The van der Waals surface area contributed by atoms with Crippen molar-refractivity contribution in [2.45, 2.75) is 32.7 Å². The first kappa shape index (κ1) is 21.3. The zero-order valence-corrected chi connectivity index (χ0v) is 16.4. The number of hydrogen-bond acceptors (Lipinski definition) is 4. The van der Waals surface area contributed by atoms with Crippen LogP contribution in [-0.4, -0.2) is 15.9 Å². The summed E-state index contributed by atoms with van der Waals surface area (Å²) in [5, 5.41) is 2.78. The predicted octanol–water partition coefficient (Wildman–Crippen LogP) is 4.87. The van der Waals surface area contributed by atoms with Crippen molar-refractivity contribution in [3.05, 3.63) is 89.0 Å². The van der Waals surface area contributed by atoms with Crippen LogP contribution in [0.2, 0.25) is 0 Å². The lowest BCUT2D eigenvalue weighted by molar-refractivity contribution is -0.141. The number of halogens is 3. The number of amides is 1. The number of nitrogens with zero attached hydrogens (tertiary/aromatic N) is 2. The van der Waals surface area contributed by atoms with E-state index in [2.05, 4.69) is 15.3 Å². The smallest absolute Gasteiger partial charge is 0.433 e. The van der Waals surface area contributed by atoms with E-state index in [0.29, 0.717) is 12.4 Å². The van der Waals surface area contributed by atoms with Crippen molar-refractivity contribution < 1.29 is 22.7 Å². The number of ether oxygens (including phenoxy) is 1. The summed E-state index contributed by atoms with van der Waals surface area (Å²) in [4.78, 5) is 20.0. The number of alkyl halides is 3. The van der Waals surface area contributed by atoms with Gasteiger partial charge in [0.2, 0.25) is 0 Å². The van der Waals surface area contributed by atoms with Gasteiger partial charge in [0.15, 0.2) is 0 Å². The molecule has 0 aliphatic carbocycles. The second kappa shape index (κ2) is 8.94. The van der Waals surface area contributed by atoms with Gasteiger partial charge in [-0.25, -0.2) is 4.98 Å². The van der Waals surface area contributed by atoms with Gasteiger partial charge in [-0.05, 0) is 49.7 Å². The predicted molar refractivity (Wildman–Crippen MR) is 105 cm³/mol. The van der Waals surface area contributed by atoms with Gasteiger partial charge in [-0.15, -0.1) is 0 Å². The van der Waals surface area contributed by atoms with E-state index >= 15 is 0 Å². The molecule has 0 spiro atoms. The zero-order valence-electron chi connectivity index (χ0n) is 16.4. The Morgan fingerprint density at radius 1 is 1.13 bits per heavy atom. The molecule has 1 unspecified atom stereocenters. The number of benzene rings is 1. The maximum atomic E-state index is 12.7. The lowest BCUT2D eigenvalue weighted by Gasteiger charge is -2.16. The highest BCUT2D eigenvalue weighted by atomic mass is 19.4. The summed E-state index contributed by atoms with van der Waals surface area (Å²) in [6.07, 6.45) is -1.13. The fourth-order valence-corrected chi connectivity index (χ4v) is 2.82. The van der Waals surface area contributed by atoms with Crippen LogP contribution in [0.25, 0.3) is 0 Å². The maximum Gasteiger partial charge on any atom is 0.433 e. The van der Waals surface area contributed by atoms with Gasteiger partial charge < -0.3 is 10.1 Å². The van der Waals surface area contributed by atoms with Gasteiger partial charge in [0.1, 0.15) is 18.1 Å². The van der Waals surface area contributed by atoms with Crippen LogP contribution < -0.4 is 10.1 Å². The van der Waals surface area contributed by atoms with Gasteiger partial charge in [-0.2, -0.15) is 13.2 Å². The van der Waals surface area contributed by atoms with Crippen LogP contribution in [0.5, 0.6) is 5.75 Å². The molecule has 0 radical (unpaired) electrons. The van der Waals surface area contributed by atoms with Crippen molar-refractivity contribution in [2.24, 2.45) is 0 Å². The van der Waals surface area contributed by atoms with Crippen LogP contribution in [0.3, 0.4) is 0 Å². The van der Waals surface area contributed by atoms with Crippen LogP contribution >= 0.6 is 0 Å². The second-order valence-electron chi connectivity index (χ2n) is 6.74. The van der Waals surface area contributed by atoms with Crippen LogP contribution in [0.4, 0.5) is 13.2 Å². The van der Waals surface area contributed by atoms with Gasteiger partial charge in [-0.1, -0.05) is 18.2 Å². The van der Waals surface area contributed by atoms with Crippen molar-refractivity contribution in [3.8, 4) is 5.75 Å². The van der Waals surface area contributed by atoms with E-state index in [1.807, 2.05) is 24.3 Å². The minimum Gasteiger partial charge on any atom is -0.489 e. The summed E-state index contributed by atoms with van der Waals surface area (Å²) >= 11 is 0. The third-order valence-corrected chi connectivity index (χ3v) is 4.48. The standard InChI is InChI=1S/C22H20F3N3O2/c1-14(28-21(29)19-9-10-20(22(23,24)25)27-15(19)2)17-5-7-18(8-6-17)30-13-16-4-3-11-26-12-16/h3-12,14H,13H2,1-2H3,(H,28,29). The van der Waals surface area contributed by atoms with Crippen molar-refractivity contribution in [2.75, 3.05) is 0 Å². The first-order chi connectivity index (χ1) is 14.2. The Kier molecular flexibility index (Phi) is 6.34. The first-order valence-electron chi connectivity index (χ1n) is 9.21.